The van der Waals surface area contributed by atoms with Crippen LogP contribution < -0.4 is 48.1 Å². The van der Waals surface area contributed by atoms with Crippen molar-refractivity contribution in [2.45, 2.75) is 76.8 Å². The van der Waals surface area contributed by atoms with Crippen LogP contribution in [0.15, 0.2) is 89.7 Å². The first-order valence-electron chi connectivity index (χ1n) is 27.3. The zero-order valence-corrected chi connectivity index (χ0v) is 46.3. The minimum absolute atomic E-state index is 0.00273. The topological polar surface area (TPSA) is 370 Å². The van der Waals surface area contributed by atoms with Gasteiger partial charge in [0, 0.05) is 54.6 Å². The molecule has 85 heavy (non-hydrogen) atoms. The highest BCUT2D eigenvalue weighted by atomic mass is 16.6. The molecule has 9 N–H and O–H groups in total. The molecule has 0 saturated carbocycles. The predicted molar refractivity (Wildman–Crippen MR) is 300 cm³/mol. The van der Waals surface area contributed by atoms with Gasteiger partial charge < -0.3 is 66.4 Å². The second kappa shape index (κ2) is 28.5. The summed E-state index contributed by atoms with van der Waals surface area (Å²) in [5, 5.41) is 33.7. The van der Waals surface area contributed by atoms with Crippen LogP contribution in [0.3, 0.4) is 0 Å². The summed E-state index contributed by atoms with van der Waals surface area (Å²) in [6, 6.07) is 20.6. The van der Waals surface area contributed by atoms with Gasteiger partial charge in [0.05, 0.1) is 55.2 Å². The van der Waals surface area contributed by atoms with Crippen LogP contribution in [-0.2, 0) is 98.7 Å². The van der Waals surface area contributed by atoms with Crippen molar-refractivity contribution >= 4 is 86.7 Å². The first-order chi connectivity index (χ1) is 40.9. The largest absolute Gasteiger partial charge is 0.458 e. The standard InChI is InChI=1S/C58H63N11O16/c1-2-58(82)40-22-43-54-38(28-69(43)56(80)39(40)29-85-57(58)81)37(53-36-14-9-8-13-35(36)16-17-41(53)67-54)23-59-49(75)30-83-32-64-46(72)25-62-50(76)31-84-33-65-47(73)26-63-55(79)42(21-34-11-5-3-6-12-34)66-48(74)27-61-45(71)24-60-44(70)15-7-4-10-20-68-51(77)18-19-52(68)78/h3,5-6,8-9,11-14,16-19,22,42,82H,2,4,7,10,15,20-21,23-33H2,1H3,(H,59,75)(H,60,70)(H,61,71)(H,62,76)(H,63,79)(H,64,72)(H,65,73)(H,66,74)/t42-,58-/m0/s1. The number of fused-ring (bicyclic) bond motifs is 7. The lowest BCUT2D eigenvalue weighted by Gasteiger charge is -2.31. The lowest BCUT2D eigenvalue weighted by atomic mass is 9.86. The number of hydrogen-bond donors (Lipinski definition) is 9. The summed E-state index contributed by atoms with van der Waals surface area (Å²) in [5.74, 6) is -6.73. The lowest BCUT2D eigenvalue weighted by Crippen LogP contribution is -2.52. The summed E-state index contributed by atoms with van der Waals surface area (Å²) in [5.41, 5.74) is 1.41. The molecule has 2 aromatic heterocycles. The van der Waals surface area contributed by atoms with Crippen LogP contribution in [0.25, 0.3) is 33.1 Å². The molecule has 10 amide bonds. The van der Waals surface area contributed by atoms with Gasteiger partial charge in [0.15, 0.2) is 5.60 Å². The van der Waals surface area contributed by atoms with E-state index < -0.39 is 123 Å². The van der Waals surface area contributed by atoms with Gasteiger partial charge >= 0.3 is 5.97 Å². The van der Waals surface area contributed by atoms with Crippen molar-refractivity contribution in [1.82, 2.24) is 57.0 Å². The molecule has 2 atom stereocenters. The van der Waals surface area contributed by atoms with Crippen LogP contribution in [-0.4, -0.2) is 150 Å². The molecule has 0 unspecified atom stereocenters. The summed E-state index contributed by atoms with van der Waals surface area (Å²) in [7, 11) is 0. The fraction of sp³-hybridized carbons (Fsp3) is 0.362. The molecule has 0 bridgehead atoms. The van der Waals surface area contributed by atoms with E-state index in [1.165, 1.54) is 16.7 Å². The molecular formula is C58H63N11O16. The molecule has 0 spiro atoms. The first kappa shape index (κ1) is 61.3. The van der Waals surface area contributed by atoms with Crippen molar-refractivity contribution in [2.24, 2.45) is 0 Å². The molecule has 27 heteroatoms. The molecule has 5 heterocycles. The summed E-state index contributed by atoms with van der Waals surface area (Å²) >= 11 is 0. The van der Waals surface area contributed by atoms with Crippen molar-refractivity contribution in [3.8, 4) is 11.4 Å². The van der Waals surface area contributed by atoms with Gasteiger partial charge in [-0.2, -0.15) is 0 Å². The van der Waals surface area contributed by atoms with E-state index in [-0.39, 0.29) is 68.4 Å². The van der Waals surface area contributed by atoms with Crippen LogP contribution in [0.4, 0.5) is 0 Å². The van der Waals surface area contributed by atoms with E-state index in [2.05, 4.69) is 42.5 Å². The molecule has 0 saturated heterocycles. The van der Waals surface area contributed by atoms with Crippen LogP contribution in [0.5, 0.6) is 0 Å². The average molecular weight is 1170 g/mol. The van der Waals surface area contributed by atoms with Crippen LogP contribution >= 0.6 is 0 Å². The monoisotopic (exact) mass is 1170 g/mol. The number of nitrogens with one attached hydrogen (secondary N) is 8. The Morgan fingerprint density at radius 2 is 1.31 bits per heavy atom. The first-order valence-corrected chi connectivity index (χ1v) is 27.3. The Morgan fingerprint density at radius 1 is 0.682 bits per heavy atom. The maximum absolute atomic E-state index is 13.9. The number of aromatic nitrogens is 2. The molecule has 8 rings (SSSR count). The quantitative estimate of drug-likeness (QED) is 0.00867. The van der Waals surface area contributed by atoms with E-state index in [0.29, 0.717) is 52.9 Å². The molecule has 3 aliphatic heterocycles. The second-order valence-electron chi connectivity index (χ2n) is 20.0. The minimum atomic E-state index is -2.01. The molecule has 0 radical (unpaired) electrons. The van der Waals surface area contributed by atoms with Crippen molar-refractivity contribution in [3.63, 3.8) is 0 Å². The Labute approximate surface area is 484 Å². The number of benzene rings is 3. The number of carbonyl (C=O) groups is 11. The van der Waals surface area contributed by atoms with E-state index in [1.54, 1.807) is 43.3 Å². The number of aliphatic hydroxyl groups is 1. The van der Waals surface area contributed by atoms with Gasteiger partial charge in [-0.25, -0.2) is 9.78 Å². The van der Waals surface area contributed by atoms with Crippen molar-refractivity contribution in [1.29, 1.82) is 0 Å². The predicted octanol–water partition coefficient (Wildman–Crippen LogP) is -1.29. The van der Waals surface area contributed by atoms with Gasteiger partial charge in [-0.05, 0) is 53.3 Å². The van der Waals surface area contributed by atoms with Crippen molar-refractivity contribution in [2.75, 3.05) is 59.4 Å². The maximum Gasteiger partial charge on any atom is 0.343 e. The summed E-state index contributed by atoms with van der Waals surface area (Å²) in [4.78, 5) is 157. The molecule has 5 aromatic rings. The number of imide groups is 1. The summed E-state index contributed by atoms with van der Waals surface area (Å²) < 4.78 is 17.3. The molecule has 3 aliphatic rings. The number of cyclic esters (lactones) is 1. The normalized spacial score (nSPS) is 15.0. The van der Waals surface area contributed by atoms with Crippen LogP contribution in [0, 0.1) is 0 Å². The van der Waals surface area contributed by atoms with E-state index in [0.717, 1.165) is 21.1 Å². The SMILES string of the molecule is CC[C@@]1(O)C(=O)OCc2c1cc1n(c2=O)Cc2c-1nc1ccc3ccccc3c1c2CNC(=O)COCNC(=O)CNC(=O)COCNC(=O)CNC(=O)[C@H](Cc1ccccc1)NC(=O)CNC(=O)CNC(=O)CCCCCN1C(=O)C=CC1=O. The average Bonchev–Trinajstić information content (AvgIpc) is 1.82. The van der Waals surface area contributed by atoms with Crippen LogP contribution in [0.1, 0.15) is 66.8 Å². The van der Waals surface area contributed by atoms with Crippen molar-refractivity contribution in [3.05, 3.63) is 123 Å². The second-order valence-corrected chi connectivity index (χ2v) is 20.0. The smallest absolute Gasteiger partial charge is 0.343 e. The molecule has 3 aromatic carbocycles. The lowest BCUT2D eigenvalue weighted by molar-refractivity contribution is -0.172. The zero-order chi connectivity index (χ0) is 60.6. The number of esters is 1. The van der Waals surface area contributed by atoms with E-state index >= 15 is 0 Å². The van der Waals surface area contributed by atoms with E-state index in [9.17, 15) is 62.6 Å². The highest BCUT2D eigenvalue weighted by Crippen LogP contribution is 2.41. The number of rotatable bonds is 29. The Balaban J connectivity index is 0.709. The van der Waals surface area contributed by atoms with E-state index in [1.807, 2.05) is 36.4 Å². The number of pyridine rings is 2. The minimum Gasteiger partial charge on any atom is -0.458 e. The van der Waals surface area contributed by atoms with Gasteiger partial charge in [-0.1, -0.05) is 74.0 Å². The number of amides is 10. The fourth-order valence-electron chi connectivity index (χ4n) is 9.77. The third kappa shape index (κ3) is 15.5. The number of hydrogen-bond acceptors (Lipinski definition) is 17. The Bertz CT molecular complexity index is 3530. The van der Waals surface area contributed by atoms with Gasteiger partial charge in [-0.3, -0.25) is 57.6 Å². The highest BCUT2D eigenvalue weighted by molar-refractivity contribution is 6.13. The number of nitrogens with zero attached hydrogens (tertiary/aromatic N) is 3. The highest BCUT2D eigenvalue weighted by Gasteiger charge is 2.45. The van der Waals surface area contributed by atoms with Gasteiger partial charge in [0.2, 0.25) is 47.3 Å². The Hall–Kier alpha value is -9.73. The molecule has 446 valence electrons. The summed E-state index contributed by atoms with van der Waals surface area (Å²) in [6.07, 6.45) is 4.05. The van der Waals surface area contributed by atoms with Gasteiger partial charge in [0.1, 0.15) is 39.3 Å². The van der Waals surface area contributed by atoms with Crippen molar-refractivity contribution < 1.29 is 72.1 Å². The third-order valence-corrected chi connectivity index (χ3v) is 14.2. The molecular weight excluding hydrogens is 1110 g/mol. The third-order valence-electron chi connectivity index (χ3n) is 14.2. The molecule has 0 aliphatic carbocycles. The Morgan fingerprint density at radius 3 is 2.01 bits per heavy atom. The van der Waals surface area contributed by atoms with E-state index in [4.69, 9.17) is 19.2 Å². The Kier molecular flexibility index (Phi) is 20.6. The molecule has 0 fully saturated rings. The van der Waals surface area contributed by atoms with Crippen LogP contribution in [0.2, 0.25) is 0 Å². The van der Waals surface area contributed by atoms with Gasteiger partial charge in [0.25, 0.3) is 17.4 Å². The maximum atomic E-state index is 13.9. The number of carbonyl (C=O) groups excluding carboxylic acids is 11. The zero-order valence-electron chi connectivity index (χ0n) is 46.3. The number of ether oxygens (including phenoxy) is 3. The summed E-state index contributed by atoms with van der Waals surface area (Å²) in [6.45, 7) is -2.16. The molecule has 27 nitrogen and oxygen atoms in total. The number of unbranched alkanes of at least 4 members (excludes halogenated alkanes) is 2. The van der Waals surface area contributed by atoms with Gasteiger partial charge in [-0.15, -0.1) is 0 Å². The fourth-order valence-corrected chi connectivity index (χ4v) is 9.77.